The number of ketones is 1. The molecular formula is C42H77N2O9P. The number of likely N-dealkylation sites (N-methyl/N-ethyl adjacent to an activating group) is 1. The Labute approximate surface area is 327 Å². The van der Waals surface area contributed by atoms with Crippen LogP contribution >= 0.6 is 7.82 Å². The number of rotatable bonds is 33. The molecule has 0 bridgehead atoms. The number of allylic oxidation sites excluding steroid dienone is 4. The highest BCUT2D eigenvalue weighted by Gasteiger charge is 2.39. The van der Waals surface area contributed by atoms with Crippen molar-refractivity contribution in [3.05, 3.63) is 36.5 Å². The van der Waals surface area contributed by atoms with Crippen LogP contribution in [0.1, 0.15) is 142 Å². The van der Waals surface area contributed by atoms with Gasteiger partial charge in [0.05, 0.1) is 52.1 Å². The third kappa shape index (κ3) is 25.5. The molecule has 0 spiro atoms. The van der Waals surface area contributed by atoms with E-state index < -0.39 is 44.7 Å². The molecule has 0 aromatic carbocycles. The number of carbonyl (C=O) groups excluding carboxylic acids is 2. The summed E-state index contributed by atoms with van der Waals surface area (Å²) in [6, 6.07) is -0.988. The smallest absolute Gasteiger partial charge is 0.268 e. The standard InChI is InChI=1S/C42H77N2O9P/c1-6-8-10-11-12-13-14-15-16-17-18-23-27-39(46)38(34-53-54(50,51)52-32-31-44(3,4)5)43-42(49)28-24-20-19-22-26-36-37(41(48)33-40(36)47)30-29-35(45)25-21-9-7-2/h19,22-23,27,29-30,35-40,45-47H,6-18,20-21,24-26,28,31-34H2,1-5H3,(H-,43,49,50,51)/b22-19-,27-23+,30-29+/t35-,36+,37+,38-,39+,40-/m0/s1. The Kier molecular flexibility index (Phi) is 27.5. The summed E-state index contributed by atoms with van der Waals surface area (Å²) in [5, 5.41) is 34.4. The maximum atomic E-state index is 12.9. The van der Waals surface area contributed by atoms with Crippen molar-refractivity contribution >= 4 is 19.5 Å². The van der Waals surface area contributed by atoms with Gasteiger partial charge in [0, 0.05) is 24.7 Å². The summed E-state index contributed by atoms with van der Waals surface area (Å²) < 4.78 is 23.1. The molecule has 4 N–H and O–H groups in total. The number of quaternary nitrogens is 1. The Morgan fingerprint density at radius 3 is 2.15 bits per heavy atom. The zero-order valence-electron chi connectivity index (χ0n) is 34.4. The number of hydrogen-bond donors (Lipinski definition) is 4. The van der Waals surface area contributed by atoms with Crippen molar-refractivity contribution in [2.75, 3.05) is 40.9 Å². The largest absolute Gasteiger partial charge is 0.756 e. The Morgan fingerprint density at radius 2 is 1.50 bits per heavy atom. The Balaban J connectivity index is 2.62. The third-order valence-corrected chi connectivity index (χ3v) is 10.9. The van der Waals surface area contributed by atoms with E-state index in [1.165, 1.54) is 51.4 Å². The second-order valence-corrected chi connectivity index (χ2v) is 17.5. The highest BCUT2D eigenvalue weighted by atomic mass is 31.2. The number of carbonyl (C=O) groups is 2. The van der Waals surface area contributed by atoms with Gasteiger partial charge in [0.15, 0.2) is 0 Å². The molecule has 1 unspecified atom stereocenters. The van der Waals surface area contributed by atoms with E-state index >= 15 is 0 Å². The summed E-state index contributed by atoms with van der Waals surface area (Å²) in [5.74, 6) is -1.05. The second-order valence-electron chi connectivity index (χ2n) is 16.1. The van der Waals surface area contributed by atoms with E-state index in [1.807, 2.05) is 39.4 Å². The molecule has 1 aliphatic rings. The number of unbranched alkanes of at least 4 members (excludes halogenated alkanes) is 13. The van der Waals surface area contributed by atoms with Gasteiger partial charge >= 0.3 is 0 Å². The Hall–Kier alpha value is -1.69. The van der Waals surface area contributed by atoms with E-state index in [0.29, 0.717) is 36.7 Å². The number of aliphatic hydroxyl groups is 3. The van der Waals surface area contributed by atoms with E-state index in [4.69, 9.17) is 9.05 Å². The molecule has 0 aromatic rings. The van der Waals surface area contributed by atoms with Crippen LogP contribution in [0.4, 0.5) is 0 Å². The lowest BCUT2D eigenvalue weighted by Gasteiger charge is -2.29. The summed E-state index contributed by atoms with van der Waals surface area (Å²) >= 11 is 0. The molecule has 12 heteroatoms. The highest BCUT2D eigenvalue weighted by Crippen LogP contribution is 2.38. The highest BCUT2D eigenvalue weighted by molar-refractivity contribution is 7.45. The molecule has 314 valence electrons. The van der Waals surface area contributed by atoms with E-state index in [1.54, 1.807) is 18.2 Å². The van der Waals surface area contributed by atoms with Crippen LogP contribution in [0, 0.1) is 11.8 Å². The van der Waals surface area contributed by atoms with Gasteiger partial charge in [0.1, 0.15) is 18.9 Å². The zero-order valence-corrected chi connectivity index (χ0v) is 35.3. The van der Waals surface area contributed by atoms with E-state index in [-0.39, 0.29) is 37.1 Å². The summed E-state index contributed by atoms with van der Waals surface area (Å²) in [6.45, 7) is 4.27. The fourth-order valence-electron chi connectivity index (χ4n) is 6.48. The third-order valence-electron chi connectivity index (χ3n) is 9.97. The minimum atomic E-state index is -4.66. The molecule has 1 saturated carbocycles. The maximum Gasteiger partial charge on any atom is 0.268 e. The first kappa shape index (κ1) is 50.3. The SMILES string of the molecule is CCCCCCCCCCCC/C=C/[C@@H](O)[C@H](COP(=O)([O-])OCC[N+](C)(C)C)NC(=O)CCC/C=C\C[C@H]1[C@@H](O)CC(=O)[C@@H]1/C=C/[C@@H](O)CCCCC. The summed E-state index contributed by atoms with van der Waals surface area (Å²) in [7, 11) is 1.09. The number of amides is 1. The molecule has 0 heterocycles. The number of phosphoric ester groups is 1. The van der Waals surface area contributed by atoms with Crippen LogP contribution in [0.15, 0.2) is 36.5 Å². The minimum absolute atomic E-state index is 0.0204. The van der Waals surface area contributed by atoms with Gasteiger partial charge in [0.25, 0.3) is 7.82 Å². The van der Waals surface area contributed by atoms with E-state index in [2.05, 4.69) is 19.2 Å². The number of nitrogens with zero attached hydrogens (tertiary/aromatic N) is 1. The molecule has 1 fully saturated rings. The average Bonchev–Trinajstić information content (AvgIpc) is 3.37. The molecule has 1 amide bonds. The van der Waals surface area contributed by atoms with Gasteiger partial charge in [-0.2, -0.15) is 0 Å². The van der Waals surface area contributed by atoms with Crippen LogP contribution in [-0.4, -0.2) is 96.7 Å². The molecule has 1 aliphatic carbocycles. The topological polar surface area (TPSA) is 165 Å². The molecular weight excluding hydrogens is 707 g/mol. The molecule has 11 nitrogen and oxygen atoms in total. The van der Waals surface area contributed by atoms with E-state index in [9.17, 15) is 34.4 Å². The van der Waals surface area contributed by atoms with Crippen molar-refractivity contribution in [3.63, 3.8) is 0 Å². The average molecular weight is 785 g/mol. The fourth-order valence-corrected chi connectivity index (χ4v) is 7.21. The first-order valence-corrected chi connectivity index (χ1v) is 22.4. The maximum absolute atomic E-state index is 12.9. The lowest BCUT2D eigenvalue weighted by molar-refractivity contribution is -0.870. The number of phosphoric acid groups is 1. The van der Waals surface area contributed by atoms with Gasteiger partial charge in [-0.25, -0.2) is 0 Å². The van der Waals surface area contributed by atoms with Crippen molar-refractivity contribution in [3.8, 4) is 0 Å². The van der Waals surface area contributed by atoms with Crippen molar-refractivity contribution in [2.24, 2.45) is 11.8 Å². The van der Waals surface area contributed by atoms with Crippen LogP contribution in [0.5, 0.6) is 0 Å². The van der Waals surface area contributed by atoms with Gasteiger partial charge in [-0.3, -0.25) is 14.2 Å². The summed E-state index contributed by atoms with van der Waals surface area (Å²) in [5.41, 5.74) is 0. The number of nitrogens with one attached hydrogen (secondary N) is 1. The predicted octanol–water partition coefficient (Wildman–Crippen LogP) is 7.09. The van der Waals surface area contributed by atoms with Gasteiger partial charge in [-0.1, -0.05) is 127 Å². The molecule has 0 saturated heterocycles. The van der Waals surface area contributed by atoms with Crippen LogP contribution in [0.3, 0.4) is 0 Å². The fraction of sp³-hybridized carbons (Fsp3) is 0.810. The normalized spacial score (nSPS) is 21.0. The molecule has 7 atom stereocenters. The molecule has 54 heavy (non-hydrogen) atoms. The molecule has 0 aromatic heterocycles. The second kappa shape index (κ2) is 29.5. The summed E-state index contributed by atoms with van der Waals surface area (Å²) in [4.78, 5) is 37.9. The van der Waals surface area contributed by atoms with Crippen LogP contribution in [-0.2, 0) is 23.2 Å². The van der Waals surface area contributed by atoms with Crippen molar-refractivity contribution in [1.29, 1.82) is 0 Å². The summed E-state index contributed by atoms with van der Waals surface area (Å²) in [6.07, 6.45) is 26.9. The van der Waals surface area contributed by atoms with Crippen LogP contribution < -0.4 is 10.2 Å². The van der Waals surface area contributed by atoms with Crippen molar-refractivity contribution in [2.45, 2.75) is 167 Å². The van der Waals surface area contributed by atoms with Gasteiger partial charge in [-0.15, -0.1) is 0 Å². The Morgan fingerprint density at radius 1 is 0.889 bits per heavy atom. The van der Waals surface area contributed by atoms with Crippen LogP contribution in [0.25, 0.3) is 0 Å². The zero-order chi connectivity index (χ0) is 40.2. The lowest BCUT2D eigenvalue weighted by Crippen LogP contribution is -2.45. The monoisotopic (exact) mass is 785 g/mol. The van der Waals surface area contributed by atoms with Crippen molar-refractivity contribution < 1.29 is 47.9 Å². The van der Waals surface area contributed by atoms with Crippen LogP contribution in [0.2, 0.25) is 0 Å². The molecule has 0 radical (unpaired) electrons. The molecule has 1 rings (SSSR count). The van der Waals surface area contributed by atoms with Gasteiger partial charge < -0.3 is 39.1 Å². The lowest BCUT2D eigenvalue weighted by atomic mass is 9.90. The van der Waals surface area contributed by atoms with Crippen molar-refractivity contribution in [1.82, 2.24) is 5.32 Å². The van der Waals surface area contributed by atoms with Gasteiger partial charge in [0.2, 0.25) is 5.91 Å². The first-order chi connectivity index (χ1) is 25.7. The number of Topliss-reactive ketones (excluding diaryl/α,β-unsaturated/α-hetero) is 1. The van der Waals surface area contributed by atoms with Gasteiger partial charge in [-0.05, 0) is 38.5 Å². The predicted molar refractivity (Wildman–Crippen MR) is 215 cm³/mol. The number of hydrogen-bond acceptors (Lipinski definition) is 9. The molecule has 0 aliphatic heterocycles. The Bertz CT molecular complexity index is 1140. The quantitative estimate of drug-likeness (QED) is 0.0235. The first-order valence-electron chi connectivity index (χ1n) is 21.0. The number of aliphatic hydroxyl groups excluding tert-OH is 3. The van der Waals surface area contributed by atoms with E-state index in [0.717, 1.165) is 38.5 Å². The minimum Gasteiger partial charge on any atom is -0.756 e.